The number of rotatable bonds is 12. The van der Waals surface area contributed by atoms with E-state index in [0.29, 0.717) is 30.8 Å². The first-order valence-corrected chi connectivity index (χ1v) is 18.2. The molecule has 3 heterocycles. The summed E-state index contributed by atoms with van der Waals surface area (Å²) in [7, 11) is 3.45. The van der Waals surface area contributed by atoms with Gasteiger partial charge in [0.1, 0.15) is 17.5 Å². The number of aromatic nitrogens is 4. The zero-order valence-electron chi connectivity index (χ0n) is 29.3. The van der Waals surface area contributed by atoms with Gasteiger partial charge in [-0.05, 0) is 100 Å². The predicted molar refractivity (Wildman–Crippen MR) is 186 cm³/mol. The van der Waals surface area contributed by atoms with Crippen LogP contribution in [-0.2, 0) is 36.0 Å². The second kappa shape index (κ2) is 15.9. The summed E-state index contributed by atoms with van der Waals surface area (Å²) < 4.78 is 21.9. The Morgan fingerprint density at radius 2 is 1.94 bits per heavy atom. The quantitative estimate of drug-likeness (QED) is 0.217. The molecule has 2 aromatic heterocycles. The second-order valence-corrected chi connectivity index (χ2v) is 14.6. The van der Waals surface area contributed by atoms with Gasteiger partial charge >= 0.3 is 5.97 Å². The smallest absolute Gasteiger partial charge is 0.308 e. The van der Waals surface area contributed by atoms with E-state index in [1.807, 2.05) is 30.1 Å². The number of fused-ring (bicyclic) bond motifs is 1. The number of hydrogen-bond acceptors (Lipinski definition) is 8. The Labute approximate surface area is 285 Å². The minimum atomic E-state index is -0.138. The largest absolute Gasteiger partial charge is 0.469 e. The van der Waals surface area contributed by atoms with Crippen LogP contribution in [0.4, 0.5) is 10.2 Å². The number of methoxy groups -OCH3 is 1. The summed E-state index contributed by atoms with van der Waals surface area (Å²) in [5.41, 5.74) is 4.09. The fraction of sp³-hybridized carbons (Fsp3) is 0.632. The normalized spacial score (nSPS) is 24.4. The number of carbonyl (C=O) groups excluding carboxylic acids is 1. The second-order valence-electron chi connectivity index (χ2n) is 14.6. The number of piperidine rings is 1. The van der Waals surface area contributed by atoms with Crippen molar-refractivity contribution in [3.05, 3.63) is 70.7 Å². The van der Waals surface area contributed by atoms with Crippen LogP contribution in [0.25, 0.3) is 0 Å². The van der Waals surface area contributed by atoms with E-state index >= 15 is 0 Å². The van der Waals surface area contributed by atoms with E-state index in [4.69, 9.17) is 14.7 Å². The fourth-order valence-corrected chi connectivity index (χ4v) is 8.45. The maximum atomic E-state index is 15.0. The van der Waals surface area contributed by atoms with Gasteiger partial charge in [0.15, 0.2) is 0 Å². The summed E-state index contributed by atoms with van der Waals surface area (Å²) in [6.45, 7) is 8.20. The number of nitrogens with zero attached hydrogens (tertiary/aromatic N) is 5. The van der Waals surface area contributed by atoms with Gasteiger partial charge in [-0.15, -0.1) is 0 Å². The lowest BCUT2D eigenvalue weighted by Gasteiger charge is -2.35. The molecule has 1 saturated carbocycles. The van der Waals surface area contributed by atoms with Crippen molar-refractivity contribution in [2.45, 2.75) is 103 Å². The Hall–Kier alpha value is -3.37. The van der Waals surface area contributed by atoms with Crippen LogP contribution in [0.15, 0.2) is 36.7 Å². The Morgan fingerprint density at radius 1 is 1.12 bits per heavy atom. The minimum Gasteiger partial charge on any atom is -0.469 e. The van der Waals surface area contributed by atoms with E-state index in [0.717, 1.165) is 98.6 Å². The highest BCUT2D eigenvalue weighted by atomic mass is 19.1. The maximum absolute atomic E-state index is 15.0. The van der Waals surface area contributed by atoms with Gasteiger partial charge in [0.05, 0.1) is 31.8 Å². The molecule has 4 atom stereocenters. The number of anilines is 1. The standard InChI is InChI=1S/C38H54FN7O2/c1-5-33(26-12-14-27(15-13-26)38(47)48-4)40-21-36-42-34-17-16-28(30-10-6-7-11-32(30)39)19-31(34)37(44-36)43-35(29-20-41-45(3)23-29)24-46-18-8-9-25(2)22-46/h6-7,10-11,20,23,25-28,33,35,40H,5,8-9,12-19,21-22,24H2,1-4H3,(H,42,43,44)/t25-,26?,27?,28+,33+,35-/m0/s1. The molecule has 1 aromatic carbocycles. The molecule has 0 amide bonds. The van der Waals surface area contributed by atoms with E-state index in [1.54, 1.807) is 12.1 Å². The third-order valence-corrected chi connectivity index (χ3v) is 11.1. The van der Waals surface area contributed by atoms with Crippen LogP contribution in [0, 0.1) is 23.6 Å². The molecule has 2 N–H and O–H groups in total. The van der Waals surface area contributed by atoms with Crippen molar-refractivity contribution in [1.82, 2.24) is 30.0 Å². The van der Waals surface area contributed by atoms with Crippen molar-refractivity contribution in [1.29, 1.82) is 0 Å². The van der Waals surface area contributed by atoms with E-state index in [2.05, 4.69) is 40.7 Å². The first kappa shape index (κ1) is 34.5. The summed E-state index contributed by atoms with van der Waals surface area (Å²) in [5.74, 6) is 2.74. The van der Waals surface area contributed by atoms with Crippen molar-refractivity contribution in [3.8, 4) is 0 Å². The number of esters is 1. The van der Waals surface area contributed by atoms with Crippen molar-refractivity contribution >= 4 is 11.8 Å². The van der Waals surface area contributed by atoms with Gasteiger partial charge in [-0.3, -0.25) is 9.48 Å². The monoisotopic (exact) mass is 659 g/mol. The molecule has 3 aliphatic rings. The molecule has 260 valence electrons. The summed E-state index contributed by atoms with van der Waals surface area (Å²) >= 11 is 0. The Bertz CT molecular complexity index is 1520. The predicted octanol–water partition coefficient (Wildman–Crippen LogP) is 6.35. The Morgan fingerprint density at radius 3 is 2.65 bits per heavy atom. The van der Waals surface area contributed by atoms with E-state index in [9.17, 15) is 9.18 Å². The van der Waals surface area contributed by atoms with Gasteiger partial charge in [0, 0.05) is 49.2 Å². The van der Waals surface area contributed by atoms with Crippen molar-refractivity contribution in [3.63, 3.8) is 0 Å². The Balaban J connectivity index is 1.26. The molecule has 0 radical (unpaired) electrons. The number of benzene rings is 1. The molecular formula is C38H54FN7O2. The lowest BCUT2D eigenvalue weighted by Crippen LogP contribution is -2.39. The summed E-state index contributed by atoms with van der Waals surface area (Å²) in [6.07, 6.45) is 13.7. The highest BCUT2D eigenvalue weighted by molar-refractivity contribution is 5.72. The SMILES string of the molecule is CC[C@@H](NCc1nc2c(c(N[C@@H](CN3CCC[C@H](C)C3)c3cnn(C)c3)n1)C[C@H](c1ccccc1F)CC2)C1CCC(C(=O)OC)CC1. The summed E-state index contributed by atoms with van der Waals surface area (Å²) in [6, 6.07) is 7.53. The van der Waals surface area contributed by atoms with E-state index in [1.165, 1.54) is 20.0 Å². The zero-order chi connectivity index (χ0) is 33.6. The molecule has 3 aromatic rings. The number of likely N-dealkylation sites (tertiary alicyclic amines) is 1. The molecule has 48 heavy (non-hydrogen) atoms. The number of aryl methyl sites for hydroxylation is 2. The zero-order valence-corrected chi connectivity index (χ0v) is 29.3. The lowest BCUT2D eigenvalue weighted by atomic mass is 9.78. The van der Waals surface area contributed by atoms with Gasteiger partial charge in [-0.2, -0.15) is 5.10 Å². The van der Waals surface area contributed by atoms with Crippen LogP contribution in [-0.4, -0.2) is 63.4 Å². The van der Waals surface area contributed by atoms with Crippen molar-refractivity contribution in [2.75, 3.05) is 32.1 Å². The molecule has 0 spiro atoms. The van der Waals surface area contributed by atoms with Gasteiger partial charge in [0.2, 0.25) is 0 Å². The third-order valence-electron chi connectivity index (χ3n) is 11.1. The molecule has 10 heteroatoms. The number of hydrogen-bond donors (Lipinski definition) is 2. The molecule has 0 bridgehead atoms. The Kier molecular flexibility index (Phi) is 11.4. The number of halogens is 1. The highest BCUT2D eigenvalue weighted by Gasteiger charge is 2.32. The van der Waals surface area contributed by atoms with Gasteiger partial charge < -0.3 is 20.3 Å². The average molecular weight is 660 g/mol. The molecule has 6 rings (SSSR count). The first-order chi connectivity index (χ1) is 23.3. The van der Waals surface area contributed by atoms with Crippen LogP contribution in [0.5, 0.6) is 0 Å². The van der Waals surface area contributed by atoms with E-state index in [-0.39, 0.29) is 29.7 Å². The lowest BCUT2D eigenvalue weighted by molar-refractivity contribution is -0.146. The van der Waals surface area contributed by atoms with Crippen LogP contribution in [0.1, 0.15) is 105 Å². The topological polar surface area (TPSA) is 97.2 Å². The van der Waals surface area contributed by atoms with Crippen molar-refractivity contribution < 1.29 is 13.9 Å². The molecule has 2 aliphatic carbocycles. The molecular weight excluding hydrogens is 605 g/mol. The van der Waals surface area contributed by atoms with Gasteiger partial charge in [0.25, 0.3) is 0 Å². The fourth-order valence-electron chi connectivity index (χ4n) is 8.45. The third kappa shape index (κ3) is 8.25. The van der Waals surface area contributed by atoms with Gasteiger partial charge in [-0.1, -0.05) is 32.0 Å². The molecule has 9 nitrogen and oxygen atoms in total. The number of ether oxygens (including phenoxy) is 1. The van der Waals surface area contributed by atoms with Crippen LogP contribution in [0.2, 0.25) is 0 Å². The van der Waals surface area contributed by atoms with Crippen LogP contribution < -0.4 is 10.6 Å². The van der Waals surface area contributed by atoms with Crippen LogP contribution in [0.3, 0.4) is 0 Å². The molecule has 1 saturated heterocycles. The molecule has 0 unspecified atom stereocenters. The van der Waals surface area contributed by atoms with Gasteiger partial charge in [-0.25, -0.2) is 14.4 Å². The van der Waals surface area contributed by atoms with E-state index < -0.39 is 0 Å². The maximum Gasteiger partial charge on any atom is 0.308 e. The molecule has 1 aliphatic heterocycles. The summed E-state index contributed by atoms with van der Waals surface area (Å²) in [5, 5.41) is 12.2. The highest BCUT2D eigenvalue weighted by Crippen LogP contribution is 2.38. The minimum absolute atomic E-state index is 0.00559. The summed E-state index contributed by atoms with van der Waals surface area (Å²) in [4.78, 5) is 25.0. The first-order valence-electron chi connectivity index (χ1n) is 18.2. The number of nitrogens with one attached hydrogen (secondary N) is 2. The van der Waals surface area contributed by atoms with Crippen molar-refractivity contribution in [2.24, 2.45) is 24.8 Å². The van der Waals surface area contributed by atoms with Crippen LogP contribution >= 0.6 is 0 Å². The average Bonchev–Trinajstić information content (AvgIpc) is 3.54. The number of carbonyl (C=O) groups is 1. The molecule has 2 fully saturated rings.